The fraction of sp³-hybridized carbons (Fsp3) is 0.875. The lowest BCUT2D eigenvalue weighted by atomic mass is 10.0. The molecule has 4 heteroatoms. The summed E-state index contributed by atoms with van der Waals surface area (Å²) in [6, 6.07) is 0. The highest BCUT2D eigenvalue weighted by molar-refractivity contribution is 7.80. The van der Waals surface area contributed by atoms with Gasteiger partial charge in [0.05, 0.1) is 5.92 Å². The van der Waals surface area contributed by atoms with E-state index in [0.717, 1.165) is 25.0 Å². The molecule has 0 radical (unpaired) electrons. The van der Waals surface area contributed by atoms with Gasteiger partial charge in [0.2, 0.25) is 0 Å². The first-order chi connectivity index (χ1) is 5.77. The first-order valence-corrected chi connectivity index (χ1v) is 5.46. The van der Waals surface area contributed by atoms with Crippen molar-refractivity contribution in [1.29, 1.82) is 0 Å². The lowest BCUT2D eigenvalue weighted by Crippen LogP contribution is -2.08. The van der Waals surface area contributed by atoms with Crippen LogP contribution in [-0.4, -0.2) is 23.6 Å². The van der Waals surface area contributed by atoms with E-state index in [2.05, 4.69) is 25.3 Å². The zero-order valence-electron chi connectivity index (χ0n) is 6.90. The highest BCUT2D eigenvalue weighted by atomic mass is 32.1. The fourth-order valence-electron chi connectivity index (χ4n) is 1.37. The predicted octanol–water partition coefficient (Wildman–Crippen LogP) is 1.56. The van der Waals surface area contributed by atoms with Crippen LogP contribution in [0, 0.1) is 5.92 Å². The molecular formula is C8H14O2S2. The van der Waals surface area contributed by atoms with Crippen molar-refractivity contribution in [2.45, 2.75) is 25.4 Å². The Kier molecular flexibility index (Phi) is 4.29. The zero-order valence-corrected chi connectivity index (χ0v) is 8.69. The van der Waals surface area contributed by atoms with Crippen LogP contribution < -0.4 is 0 Å². The van der Waals surface area contributed by atoms with Crippen molar-refractivity contribution in [2.75, 3.05) is 11.5 Å². The molecule has 0 aromatic heterocycles. The summed E-state index contributed by atoms with van der Waals surface area (Å²) >= 11 is 8.20. The molecular weight excluding hydrogens is 192 g/mol. The quantitative estimate of drug-likeness (QED) is 0.539. The van der Waals surface area contributed by atoms with Crippen LogP contribution in [0.15, 0.2) is 0 Å². The minimum absolute atomic E-state index is 0.0262. The molecule has 1 saturated heterocycles. The van der Waals surface area contributed by atoms with E-state index in [-0.39, 0.29) is 18.0 Å². The van der Waals surface area contributed by atoms with Crippen LogP contribution in [0.5, 0.6) is 0 Å². The van der Waals surface area contributed by atoms with E-state index in [0.29, 0.717) is 5.75 Å². The van der Waals surface area contributed by atoms with Gasteiger partial charge in [-0.25, -0.2) is 0 Å². The molecule has 0 aromatic rings. The molecule has 1 heterocycles. The van der Waals surface area contributed by atoms with E-state index in [1.807, 2.05) is 0 Å². The third-order valence-electron chi connectivity index (χ3n) is 2.07. The van der Waals surface area contributed by atoms with Crippen molar-refractivity contribution >= 4 is 31.2 Å². The number of cyclic esters (lactones) is 1. The smallest absolute Gasteiger partial charge is 0.310 e. The standard InChI is InChI=1S/C8H14O2S2/c9-8-6(5-12)4-7(10-8)2-1-3-11/h6-7,11-12H,1-5H2. The maximum Gasteiger partial charge on any atom is 0.310 e. The second-order valence-corrected chi connectivity index (χ2v) is 3.85. The average Bonchev–Trinajstić information content (AvgIpc) is 2.43. The Balaban J connectivity index is 2.28. The molecule has 1 aliphatic rings. The van der Waals surface area contributed by atoms with Gasteiger partial charge in [-0.3, -0.25) is 4.79 Å². The Morgan fingerprint density at radius 3 is 2.75 bits per heavy atom. The summed E-state index contributed by atoms with van der Waals surface area (Å²) in [5.41, 5.74) is 0. The Morgan fingerprint density at radius 1 is 1.50 bits per heavy atom. The third-order valence-corrected chi connectivity index (χ3v) is 2.83. The first kappa shape index (κ1) is 10.3. The average molecular weight is 206 g/mol. The van der Waals surface area contributed by atoms with Gasteiger partial charge in [0.1, 0.15) is 6.10 Å². The van der Waals surface area contributed by atoms with E-state index in [1.54, 1.807) is 0 Å². The monoisotopic (exact) mass is 206 g/mol. The van der Waals surface area contributed by atoms with E-state index in [1.165, 1.54) is 0 Å². The van der Waals surface area contributed by atoms with Crippen LogP contribution in [0.25, 0.3) is 0 Å². The summed E-state index contributed by atoms with van der Waals surface area (Å²) in [4.78, 5) is 11.1. The number of rotatable bonds is 4. The van der Waals surface area contributed by atoms with Gasteiger partial charge in [0, 0.05) is 5.75 Å². The summed E-state index contributed by atoms with van der Waals surface area (Å²) in [6.45, 7) is 0. The normalized spacial score (nSPS) is 29.0. The van der Waals surface area contributed by atoms with Crippen LogP contribution in [0.2, 0.25) is 0 Å². The Labute approximate surface area is 83.9 Å². The van der Waals surface area contributed by atoms with Gasteiger partial charge in [-0.1, -0.05) is 0 Å². The largest absolute Gasteiger partial charge is 0.462 e. The van der Waals surface area contributed by atoms with Crippen LogP contribution in [0.1, 0.15) is 19.3 Å². The van der Waals surface area contributed by atoms with Crippen molar-refractivity contribution in [1.82, 2.24) is 0 Å². The number of carbonyl (C=O) groups excluding carboxylic acids is 1. The lowest BCUT2D eigenvalue weighted by molar-refractivity contribution is -0.143. The van der Waals surface area contributed by atoms with Gasteiger partial charge in [-0.05, 0) is 25.0 Å². The van der Waals surface area contributed by atoms with Crippen molar-refractivity contribution < 1.29 is 9.53 Å². The van der Waals surface area contributed by atoms with Gasteiger partial charge in [0.15, 0.2) is 0 Å². The summed E-state index contributed by atoms with van der Waals surface area (Å²) in [7, 11) is 0. The summed E-state index contributed by atoms with van der Waals surface area (Å²) < 4.78 is 5.15. The molecule has 0 saturated carbocycles. The minimum atomic E-state index is -0.0748. The first-order valence-electron chi connectivity index (χ1n) is 4.20. The summed E-state index contributed by atoms with van der Waals surface area (Å²) in [6.07, 6.45) is 2.93. The molecule has 0 bridgehead atoms. The number of hydrogen-bond acceptors (Lipinski definition) is 4. The number of esters is 1. The van der Waals surface area contributed by atoms with E-state index in [4.69, 9.17) is 4.74 Å². The molecule has 1 aliphatic heterocycles. The number of hydrogen-bond donors (Lipinski definition) is 2. The van der Waals surface area contributed by atoms with Gasteiger partial charge in [-0.15, -0.1) is 0 Å². The molecule has 2 atom stereocenters. The van der Waals surface area contributed by atoms with Crippen LogP contribution in [0.3, 0.4) is 0 Å². The molecule has 2 unspecified atom stereocenters. The lowest BCUT2D eigenvalue weighted by Gasteiger charge is -2.06. The van der Waals surface area contributed by atoms with Crippen LogP contribution in [-0.2, 0) is 9.53 Å². The summed E-state index contributed by atoms with van der Waals surface area (Å²) in [5, 5.41) is 0. The maximum absolute atomic E-state index is 11.1. The predicted molar refractivity (Wildman–Crippen MR) is 54.9 cm³/mol. The second-order valence-electron chi connectivity index (χ2n) is 3.04. The van der Waals surface area contributed by atoms with Crippen LogP contribution >= 0.6 is 25.3 Å². The fourth-order valence-corrected chi connectivity index (χ4v) is 1.85. The van der Waals surface area contributed by atoms with Crippen LogP contribution in [0.4, 0.5) is 0 Å². The molecule has 0 amide bonds. The molecule has 0 aliphatic carbocycles. The maximum atomic E-state index is 11.1. The molecule has 1 rings (SSSR count). The Bertz CT molecular complexity index is 161. The van der Waals surface area contributed by atoms with Crippen molar-refractivity contribution in [3.05, 3.63) is 0 Å². The zero-order chi connectivity index (χ0) is 8.97. The SMILES string of the molecule is O=C1OC(CCCS)CC1CS. The molecule has 70 valence electrons. The van der Waals surface area contributed by atoms with Gasteiger partial charge in [0.25, 0.3) is 0 Å². The van der Waals surface area contributed by atoms with E-state index >= 15 is 0 Å². The van der Waals surface area contributed by atoms with E-state index in [9.17, 15) is 4.79 Å². The summed E-state index contributed by atoms with van der Waals surface area (Å²) in [5.74, 6) is 1.42. The Morgan fingerprint density at radius 2 is 2.25 bits per heavy atom. The topological polar surface area (TPSA) is 26.3 Å². The highest BCUT2D eigenvalue weighted by Gasteiger charge is 2.32. The number of carbonyl (C=O) groups is 1. The molecule has 0 N–H and O–H groups in total. The Hall–Kier alpha value is 0.170. The van der Waals surface area contributed by atoms with Crippen molar-refractivity contribution in [3.8, 4) is 0 Å². The molecule has 1 fully saturated rings. The minimum Gasteiger partial charge on any atom is -0.462 e. The third kappa shape index (κ3) is 2.59. The van der Waals surface area contributed by atoms with Crippen molar-refractivity contribution in [3.63, 3.8) is 0 Å². The van der Waals surface area contributed by atoms with Crippen molar-refractivity contribution in [2.24, 2.45) is 5.92 Å². The number of ether oxygens (including phenoxy) is 1. The molecule has 0 aromatic carbocycles. The number of thiol groups is 2. The van der Waals surface area contributed by atoms with E-state index < -0.39 is 0 Å². The van der Waals surface area contributed by atoms with Gasteiger partial charge < -0.3 is 4.74 Å². The van der Waals surface area contributed by atoms with Gasteiger partial charge in [-0.2, -0.15) is 25.3 Å². The molecule has 0 spiro atoms. The van der Waals surface area contributed by atoms with Gasteiger partial charge >= 0.3 is 5.97 Å². The molecule has 12 heavy (non-hydrogen) atoms. The second kappa shape index (κ2) is 5.02. The highest BCUT2D eigenvalue weighted by Crippen LogP contribution is 2.25. The molecule has 2 nitrogen and oxygen atoms in total.